The molecule has 2 aromatic carbocycles. The van der Waals surface area contributed by atoms with Crippen LogP contribution in [0.4, 0.5) is 13.2 Å². The van der Waals surface area contributed by atoms with E-state index in [4.69, 9.17) is 18.6 Å². The van der Waals surface area contributed by atoms with Gasteiger partial charge in [0.25, 0.3) is 0 Å². The summed E-state index contributed by atoms with van der Waals surface area (Å²) in [6.45, 7) is 1.78. The first-order chi connectivity index (χ1) is 15.3. The fourth-order valence-electron chi connectivity index (χ4n) is 3.07. The predicted octanol–water partition coefficient (Wildman–Crippen LogP) is 5.21. The Labute approximate surface area is 181 Å². The molecule has 0 spiro atoms. The highest BCUT2D eigenvalue weighted by molar-refractivity contribution is 5.85. The second-order valence-electron chi connectivity index (χ2n) is 6.85. The molecule has 0 N–H and O–H groups in total. The van der Waals surface area contributed by atoms with Gasteiger partial charge in [-0.3, -0.25) is 4.79 Å². The molecule has 0 aliphatic rings. The molecule has 3 aromatic rings. The number of hydrogen-bond donors (Lipinski definition) is 0. The summed E-state index contributed by atoms with van der Waals surface area (Å²) < 4.78 is 62.0. The normalized spacial score (nSPS) is 11.4. The molecule has 0 aliphatic carbocycles. The van der Waals surface area contributed by atoms with Crippen LogP contribution in [0, 0.1) is 0 Å². The maximum absolute atomic E-state index is 13.8. The summed E-state index contributed by atoms with van der Waals surface area (Å²) in [5.74, 6) is -1.89. The first-order valence-electron chi connectivity index (χ1n) is 9.86. The number of alkyl halides is 3. The number of fused-ring (bicyclic) bond motifs is 1. The second-order valence-corrected chi connectivity index (χ2v) is 6.85. The fourth-order valence-corrected chi connectivity index (χ4v) is 3.07. The van der Waals surface area contributed by atoms with Gasteiger partial charge in [0, 0.05) is 11.6 Å². The van der Waals surface area contributed by atoms with Gasteiger partial charge in [0.05, 0.1) is 24.7 Å². The molecular formula is C23H21F3O6. The predicted molar refractivity (Wildman–Crippen MR) is 111 cm³/mol. The Bertz CT molecular complexity index is 1170. The third-order valence-corrected chi connectivity index (χ3v) is 4.62. The standard InChI is InChI=1S/C23H21F3O6/c1-3-4-11-30-19(27)13-31-14-9-10-16-18(12-14)32-22(23(24,25)26)20(21(16)28)15-7-5-6-8-17(15)29-2/h5-10,12H,3-4,11,13H2,1-2H3. The molecule has 170 valence electrons. The van der Waals surface area contributed by atoms with Crippen molar-refractivity contribution in [2.75, 3.05) is 20.3 Å². The van der Waals surface area contributed by atoms with E-state index >= 15 is 0 Å². The smallest absolute Gasteiger partial charge is 0.450 e. The molecule has 0 bridgehead atoms. The molecule has 32 heavy (non-hydrogen) atoms. The number of carbonyl (C=O) groups excluding carboxylic acids is 1. The minimum Gasteiger partial charge on any atom is -0.496 e. The van der Waals surface area contributed by atoms with Crippen LogP contribution >= 0.6 is 0 Å². The number of halogens is 3. The van der Waals surface area contributed by atoms with Crippen molar-refractivity contribution in [3.63, 3.8) is 0 Å². The topological polar surface area (TPSA) is 75.0 Å². The van der Waals surface area contributed by atoms with Crippen LogP contribution in [0.2, 0.25) is 0 Å². The highest BCUT2D eigenvalue weighted by Crippen LogP contribution is 2.40. The van der Waals surface area contributed by atoms with Gasteiger partial charge in [-0.25, -0.2) is 4.79 Å². The molecule has 0 saturated carbocycles. The lowest BCUT2D eigenvalue weighted by molar-refractivity contribution is -0.152. The molecule has 1 aromatic heterocycles. The van der Waals surface area contributed by atoms with Crippen molar-refractivity contribution in [1.29, 1.82) is 0 Å². The van der Waals surface area contributed by atoms with Gasteiger partial charge >= 0.3 is 12.1 Å². The number of hydrogen-bond acceptors (Lipinski definition) is 6. The van der Waals surface area contributed by atoms with Crippen LogP contribution < -0.4 is 14.9 Å². The van der Waals surface area contributed by atoms with E-state index in [1.54, 1.807) is 6.07 Å². The van der Waals surface area contributed by atoms with Crippen molar-refractivity contribution in [3.05, 3.63) is 58.4 Å². The van der Waals surface area contributed by atoms with Gasteiger partial charge in [0.1, 0.15) is 17.1 Å². The van der Waals surface area contributed by atoms with Crippen LogP contribution in [0.1, 0.15) is 25.5 Å². The van der Waals surface area contributed by atoms with Gasteiger partial charge in [-0.2, -0.15) is 13.2 Å². The Morgan fingerprint density at radius 3 is 2.56 bits per heavy atom. The van der Waals surface area contributed by atoms with Gasteiger partial charge in [0.15, 0.2) is 6.61 Å². The zero-order valence-corrected chi connectivity index (χ0v) is 17.5. The van der Waals surface area contributed by atoms with E-state index < -0.39 is 35.5 Å². The van der Waals surface area contributed by atoms with Crippen molar-refractivity contribution in [1.82, 2.24) is 0 Å². The molecule has 0 fully saturated rings. The number of unbranched alkanes of at least 4 members (excludes halogenated alkanes) is 1. The SMILES string of the molecule is CCCCOC(=O)COc1ccc2c(=O)c(-c3ccccc3OC)c(C(F)(F)F)oc2c1. The summed E-state index contributed by atoms with van der Waals surface area (Å²) >= 11 is 0. The van der Waals surface area contributed by atoms with Gasteiger partial charge in [-0.05, 0) is 24.6 Å². The van der Waals surface area contributed by atoms with E-state index in [-0.39, 0.29) is 34.6 Å². The number of benzene rings is 2. The summed E-state index contributed by atoms with van der Waals surface area (Å²) in [4.78, 5) is 24.7. The minimum absolute atomic E-state index is 0.0341. The van der Waals surface area contributed by atoms with E-state index in [2.05, 4.69) is 0 Å². The molecule has 0 aliphatic heterocycles. The minimum atomic E-state index is -4.94. The van der Waals surface area contributed by atoms with Gasteiger partial charge in [0.2, 0.25) is 11.2 Å². The van der Waals surface area contributed by atoms with Crippen LogP contribution in [-0.4, -0.2) is 26.3 Å². The number of carbonyl (C=O) groups is 1. The molecule has 0 amide bonds. The first-order valence-corrected chi connectivity index (χ1v) is 9.86. The number of methoxy groups -OCH3 is 1. The molecule has 0 saturated heterocycles. The van der Waals surface area contributed by atoms with E-state index in [0.29, 0.717) is 6.42 Å². The quantitative estimate of drug-likeness (QED) is 0.347. The van der Waals surface area contributed by atoms with Crippen molar-refractivity contribution in [2.24, 2.45) is 0 Å². The van der Waals surface area contributed by atoms with Gasteiger partial charge < -0.3 is 18.6 Å². The second kappa shape index (κ2) is 9.76. The first kappa shape index (κ1) is 23.2. The molecule has 6 nitrogen and oxygen atoms in total. The average molecular weight is 450 g/mol. The van der Waals surface area contributed by atoms with Gasteiger partial charge in [-0.15, -0.1) is 0 Å². The van der Waals surface area contributed by atoms with E-state index in [1.165, 1.54) is 37.4 Å². The third kappa shape index (κ3) is 5.04. The molecule has 0 unspecified atom stereocenters. The molecular weight excluding hydrogens is 429 g/mol. The molecule has 3 rings (SSSR count). The highest BCUT2D eigenvalue weighted by atomic mass is 19.4. The Morgan fingerprint density at radius 2 is 1.88 bits per heavy atom. The van der Waals surface area contributed by atoms with Crippen LogP contribution in [0.3, 0.4) is 0 Å². The average Bonchev–Trinajstić information content (AvgIpc) is 2.77. The van der Waals surface area contributed by atoms with Crippen LogP contribution in [0.15, 0.2) is 51.7 Å². The van der Waals surface area contributed by atoms with Crippen molar-refractivity contribution < 1.29 is 36.6 Å². The number of esters is 1. The number of rotatable bonds is 8. The van der Waals surface area contributed by atoms with Crippen molar-refractivity contribution >= 4 is 16.9 Å². The highest BCUT2D eigenvalue weighted by Gasteiger charge is 2.40. The molecule has 9 heteroatoms. The molecule has 0 atom stereocenters. The lowest BCUT2D eigenvalue weighted by Gasteiger charge is -2.15. The number of ether oxygens (including phenoxy) is 3. The van der Waals surface area contributed by atoms with Crippen molar-refractivity contribution in [3.8, 4) is 22.6 Å². The third-order valence-electron chi connectivity index (χ3n) is 4.62. The lowest BCUT2D eigenvalue weighted by Crippen LogP contribution is -2.17. The lowest BCUT2D eigenvalue weighted by atomic mass is 10.0. The Hall–Kier alpha value is -3.49. The summed E-state index contributed by atoms with van der Waals surface area (Å²) in [5, 5.41) is -0.0724. The van der Waals surface area contributed by atoms with Crippen LogP contribution in [-0.2, 0) is 15.7 Å². The number of para-hydroxylation sites is 1. The fraction of sp³-hybridized carbons (Fsp3) is 0.304. The molecule has 1 heterocycles. The van der Waals surface area contributed by atoms with Crippen molar-refractivity contribution in [2.45, 2.75) is 25.9 Å². The van der Waals surface area contributed by atoms with Gasteiger partial charge in [-0.1, -0.05) is 31.5 Å². The Kier molecular flexibility index (Phi) is 7.07. The zero-order valence-electron chi connectivity index (χ0n) is 17.5. The molecule has 0 radical (unpaired) electrons. The van der Waals surface area contributed by atoms with E-state index in [0.717, 1.165) is 12.5 Å². The van der Waals surface area contributed by atoms with E-state index in [9.17, 15) is 22.8 Å². The summed E-state index contributed by atoms with van der Waals surface area (Å²) in [6, 6.07) is 9.68. The summed E-state index contributed by atoms with van der Waals surface area (Å²) in [5.41, 5.74) is -1.87. The van der Waals surface area contributed by atoms with Crippen LogP contribution in [0.25, 0.3) is 22.1 Å². The maximum atomic E-state index is 13.8. The van der Waals surface area contributed by atoms with E-state index in [1.807, 2.05) is 6.92 Å². The largest absolute Gasteiger partial charge is 0.496 e. The monoisotopic (exact) mass is 450 g/mol. The van der Waals surface area contributed by atoms with Crippen LogP contribution in [0.5, 0.6) is 11.5 Å². The Morgan fingerprint density at radius 1 is 1.12 bits per heavy atom. The summed E-state index contributed by atoms with van der Waals surface area (Å²) in [7, 11) is 1.30. The summed E-state index contributed by atoms with van der Waals surface area (Å²) in [6.07, 6.45) is -3.37. The Balaban J connectivity index is 2.03. The zero-order chi connectivity index (χ0) is 23.3. The maximum Gasteiger partial charge on any atom is 0.450 e.